The number of nitrogens with zero attached hydrogens (tertiary/aromatic N) is 8. The van der Waals surface area contributed by atoms with Gasteiger partial charge in [0.1, 0.15) is 11.9 Å². The lowest BCUT2D eigenvalue weighted by Gasteiger charge is -2.45. The molecule has 2 bridgehead atoms. The molecule has 1 aromatic carbocycles. The van der Waals surface area contributed by atoms with E-state index in [1.807, 2.05) is 0 Å². The lowest BCUT2D eigenvalue weighted by atomic mass is 9.82. The minimum absolute atomic E-state index is 0.0570. The van der Waals surface area contributed by atoms with E-state index in [1.165, 1.54) is 12.3 Å². The fraction of sp³-hybridized carbons (Fsp3) is 0.500. The molecule has 4 atom stereocenters. The van der Waals surface area contributed by atoms with Crippen LogP contribution in [0.1, 0.15) is 29.8 Å². The van der Waals surface area contributed by atoms with E-state index in [0.29, 0.717) is 34.2 Å². The zero-order valence-corrected chi connectivity index (χ0v) is 16.9. The molecule has 10 nitrogen and oxygen atoms in total. The van der Waals surface area contributed by atoms with Gasteiger partial charge >= 0.3 is 0 Å². The number of alkyl halides is 1. The second-order valence-corrected chi connectivity index (χ2v) is 8.03. The number of rotatable bonds is 4. The van der Waals surface area contributed by atoms with Crippen LogP contribution in [-0.4, -0.2) is 71.8 Å². The number of aromatic hydroxyl groups is 1. The molecular weight excluding hydrogens is 401 g/mol. The van der Waals surface area contributed by atoms with Crippen molar-refractivity contribution in [2.45, 2.75) is 50.0 Å². The fourth-order valence-electron chi connectivity index (χ4n) is 4.47. The number of hydrogen-bond donors (Lipinski definition) is 2. The van der Waals surface area contributed by atoms with E-state index in [9.17, 15) is 5.11 Å². The number of aryl methyl sites for hydroxylation is 1. The van der Waals surface area contributed by atoms with Crippen LogP contribution < -0.4 is 10.2 Å². The van der Waals surface area contributed by atoms with E-state index >= 15 is 4.39 Å². The summed E-state index contributed by atoms with van der Waals surface area (Å²) in [6.07, 6.45) is 4.14. The molecule has 4 heterocycles. The first-order chi connectivity index (χ1) is 16.2. The summed E-state index contributed by atoms with van der Waals surface area (Å²) in [4.78, 5) is 6.66. The van der Waals surface area contributed by atoms with Crippen molar-refractivity contribution in [2.24, 2.45) is 6.98 Å². The van der Waals surface area contributed by atoms with Gasteiger partial charge in [0.2, 0.25) is 5.82 Å². The molecule has 0 spiro atoms. The van der Waals surface area contributed by atoms with Crippen LogP contribution in [0.3, 0.4) is 0 Å². The first kappa shape index (κ1) is 16.5. The number of nitrogens with one attached hydrogen (secondary N) is 1. The summed E-state index contributed by atoms with van der Waals surface area (Å²) in [6, 6.07) is 4.41. The first-order valence-electron chi connectivity index (χ1n) is 11.7. The number of fused-ring (bicyclic) bond motifs is 2. The third-order valence-electron chi connectivity index (χ3n) is 6.11. The predicted octanol–water partition coefficient (Wildman–Crippen LogP) is 1.49. The summed E-state index contributed by atoms with van der Waals surface area (Å²) in [5, 5.41) is 33.3. The predicted molar refractivity (Wildman–Crippen MR) is 111 cm³/mol. The van der Waals surface area contributed by atoms with Crippen LogP contribution in [0.4, 0.5) is 10.2 Å². The zero-order chi connectivity index (χ0) is 24.0. The van der Waals surface area contributed by atoms with Crippen molar-refractivity contribution < 1.29 is 13.6 Å². The Morgan fingerprint density at radius 1 is 1.26 bits per heavy atom. The third kappa shape index (κ3) is 3.69. The second-order valence-electron chi connectivity index (χ2n) is 8.03. The van der Waals surface area contributed by atoms with Crippen molar-refractivity contribution in [1.29, 1.82) is 0 Å². The number of phenolic OH excluding ortho intramolecular Hbond substituents is 1. The molecular formula is C20H24FN9O. The van der Waals surface area contributed by atoms with Crippen LogP contribution in [-0.2, 0) is 6.98 Å². The van der Waals surface area contributed by atoms with Crippen molar-refractivity contribution in [3.05, 3.63) is 24.4 Å². The Morgan fingerprint density at radius 3 is 2.90 bits per heavy atom. The maximum Gasteiger partial charge on any atom is 0.205 e. The molecule has 3 aromatic rings. The highest BCUT2D eigenvalue weighted by atomic mass is 19.1. The highest BCUT2D eigenvalue weighted by Crippen LogP contribution is 2.33. The summed E-state index contributed by atoms with van der Waals surface area (Å²) >= 11 is 0. The average Bonchev–Trinajstić information content (AvgIpc) is 3.33. The van der Waals surface area contributed by atoms with Crippen LogP contribution in [0, 0.1) is 0 Å². The molecule has 31 heavy (non-hydrogen) atoms. The van der Waals surface area contributed by atoms with Crippen LogP contribution >= 0.6 is 0 Å². The number of tetrazole rings is 1. The van der Waals surface area contributed by atoms with Gasteiger partial charge in [-0.2, -0.15) is 4.80 Å². The maximum absolute atomic E-state index is 15.0. The number of aromatic nitrogens is 7. The van der Waals surface area contributed by atoms with Gasteiger partial charge < -0.3 is 15.3 Å². The summed E-state index contributed by atoms with van der Waals surface area (Å²) in [6.45, 7) is -2.54. The molecule has 2 saturated heterocycles. The highest BCUT2D eigenvalue weighted by molar-refractivity contribution is 5.69. The minimum Gasteiger partial charge on any atom is -0.507 e. The Balaban J connectivity index is 1.34. The number of anilines is 1. The largest absolute Gasteiger partial charge is 0.507 e. The molecule has 0 radical (unpaired) electrons. The van der Waals surface area contributed by atoms with Gasteiger partial charge in [-0.1, -0.05) is 12.5 Å². The minimum atomic E-state index is -2.54. The quantitative estimate of drug-likeness (QED) is 0.637. The summed E-state index contributed by atoms with van der Waals surface area (Å²) in [7, 11) is 1.80. The second kappa shape index (κ2) is 7.80. The van der Waals surface area contributed by atoms with Crippen LogP contribution in [0.15, 0.2) is 24.4 Å². The van der Waals surface area contributed by atoms with Gasteiger partial charge in [-0.05, 0) is 36.6 Å². The molecule has 162 valence electrons. The number of phenols is 1. The zero-order valence-electron chi connectivity index (χ0n) is 19.9. The topological polar surface area (TPSA) is 118 Å². The van der Waals surface area contributed by atoms with Gasteiger partial charge in [0.05, 0.1) is 24.8 Å². The van der Waals surface area contributed by atoms with E-state index in [0.717, 1.165) is 19.3 Å². The molecule has 2 aliphatic rings. The monoisotopic (exact) mass is 428 g/mol. The Kier molecular flexibility index (Phi) is 4.15. The van der Waals surface area contributed by atoms with Gasteiger partial charge in [-0.3, -0.25) is 0 Å². The molecule has 11 heteroatoms. The Bertz CT molecular complexity index is 1170. The Labute approximate surface area is 182 Å². The fourth-order valence-corrected chi connectivity index (χ4v) is 4.47. The van der Waals surface area contributed by atoms with Crippen LogP contribution in [0.2, 0.25) is 0 Å². The molecule has 2 aliphatic heterocycles. The van der Waals surface area contributed by atoms with E-state index in [1.54, 1.807) is 24.1 Å². The first-order valence-corrected chi connectivity index (χ1v) is 10.2. The highest BCUT2D eigenvalue weighted by Gasteiger charge is 2.42. The number of hydrogen-bond acceptors (Lipinski definition) is 9. The Hall–Kier alpha value is -3.21. The smallest absolute Gasteiger partial charge is 0.205 e. The molecule has 2 aromatic heterocycles. The molecule has 0 unspecified atom stereocenters. The lowest BCUT2D eigenvalue weighted by Crippen LogP contribution is -2.61. The van der Waals surface area contributed by atoms with Gasteiger partial charge in [-0.15, -0.1) is 20.4 Å². The van der Waals surface area contributed by atoms with E-state index in [2.05, 4.69) is 35.9 Å². The van der Waals surface area contributed by atoms with Gasteiger partial charge in [0.15, 0.2) is 11.6 Å². The van der Waals surface area contributed by atoms with Gasteiger partial charge in [0, 0.05) is 28.8 Å². The van der Waals surface area contributed by atoms with Crippen molar-refractivity contribution in [1.82, 2.24) is 40.7 Å². The normalized spacial score (nSPS) is 27.2. The summed E-state index contributed by atoms with van der Waals surface area (Å²) in [5.41, 5.74) is 0.708. The van der Waals surface area contributed by atoms with Gasteiger partial charge in [0.25, 0.3) is 0 Å². The van der Waals surface area contributed by atoms with E-state index in [-0.39, 0.29) is 29.5 Å². The van der Waals surface area contributed by atoms with E-state index < -0.39 is 13.1 Å². The van der Waals surface area contributed by atoms with Crippen molar-refractivity contribution >= 4 is 5.82 Å². The molecule has 5 rings (SSSR count). The maximum atomic E-state index is 15.0. The van der Waals surface area contributed by atoms with Crippen molar-refractivity contribution in [3.8, 4) is 28.5 Å². The standard InChI is InChI=1S/C20H24FN9O/c1-29(15-9-12-4-3-5-14(23-12)18(15)21)17-10-22-20(25-24-17)13-7-6-11(8-16(13)31)19-26-28-30(2)27-19/h6-8,10,12,14-15,18,23,31H,3-5,9H2,1-2H3/t12-,14+,15+,18-/m1/s1/i2D3. The Morgan fingerprint density at radius 2 is 2.16 bits per heavy atom. The molecule has 2 N–H and O–H groups in total. The SMILES string of the molecule is [2H]C([2H])([2H])n1nnc(-c2ccc(-c3ncc(N(C)[C@H]4C[C@H]5CCC[C@H](N5)[C@H]4F)nn3)c(O)c2)n1. The molecule has 0 amide bonds. The van der Waals surface area contributed by atoms with Crippen LogP contribution in [0.5, 0.6) is 5.75 Å². The number of benzene rings is 1. The van der Waals surface area contributed by atoms with E-state index in [4.69, 9.17) is 4.11 Å². The van der Waals surface area contributed by atoms with Crippen molar-refractivity contribution in [3.63, 3.8) is 0 Å². The molecule has 0 aliphatic carbocycles. The third-order valence-corrected chi connectivity index (χ3v) is 6.11. The molecule has 0 saturated carbocycles. The summed E-state index contributed by atoms with van der Waals surface area (Å²) in [5.74, 6) is 0.555. The average molecular weight is 428 g/mol. The lowest BCUT2D eigenvalue weighted by molar-refractivity contribution is 0.107. The van der Waals surface area contributed by atoms with Crippen molar-refractivity contribution in [2.75, 3.05) is 11.9 Å². The van der Waals surface area contributed by atoms with Gasteiger partial charge in [-0.25, -0.2) is 9.37 Å². The van der Waals surface area contributed by atoms with Crippen LogP contribution in [0.25, 0.3) is 22.8 Å². The number of piperidine rings is 2. The summed E-state index contributed by atoms with van der Waals surface area (Å²) < 4.78 is 37.0. The number of halogens is 1. The molecule has 2 fully saturated rings.